The highest BCUT2D eigenvalue weighted by molar-refractivity contribution is 5.85. The van der Waals surface area contributed by atoms with Crippen molar-refractivity contribution >= 4 is 12.0 Å². The summed E-state index contributed by atoms with van der Waals surface area (Å²) >= 11 is 0. The van der Waals surface area contributed by atoms with Crippen LogP contribution in [0.15, 0.2) is 48.7 Å². The zero-order chi connectivity index (χ0) is 16.1. The number of rotatable bonds is 4. The van der Waals surface area contributed by atoms with Crippen LogP contribution in [0.2, 0.25) is 0 Å². The molecular formula is C17H20N2O3. The van der Waals surface area contributed by atoms with Gasteiger partial charge >= 0.3 is 12.0 Å². The van der Waals surface area contributed by atoms with Gasteiger partial charge in [-0.1, -0.05) is 48.6 Å². The van der Waals surface area contributed by atoms with Crippen LogP contribution in [0.1, 0.15) is 24.1 Å². The van der Waals surface area contributed by atoms with E-state index < -0.39 is 17.9 Å². The summed E-state index contributed by atoms with van der Waals surface area (Å²) < 4.78 is 5.23. The van der Waals surface area contributed by atoms with Gasteiger partial charge in [-0.25, -0.2) is 4.79 Å². The molecule has 0 spiro atoms. The summed E-state index contributed by atoms with van der Waals surface area (Å²) in [5, 5.41) is 5.32. The molecule has 1 aliphatic heterocycles. The summed E-state index contributed by atoms with van der Waals surface area (Å²) in [6.45, 7) is 7.83. The molecule has 2 N–H and O–H groups in total. The van der Waals surface area contributed by atoms with Crippen LogP contribution in [-0.2, 0) is 9.53 Å². The van der Waals surface area contributed by atoms with Gasteiger partial charge in [-0.3, -0.25) is 4.79 Å². The smallest absolute Gasteiger partial charge is 0.319 e. The van der Waals surface area contributed by atoms with Gasteiger partial charge in [0.15, 0.2) is 0 Å². The molecule has 1 aromatic carbocycles. The Kier molecular flexibility index (Phi) is 4.99. The second-order valence-electron chi connectivity index (χ2n) is 5.19. The molecule has 0 aliphatic carbocycles. The van der Waals surface area contributed by atoms with Crippen LogP contribution in [0.25, 0.3) is 0 Å². The van der Waals surface area contributed by atoms with Gasteiger partial charge in [-0.2, -0.15) is 0 Å². The van der Waals surface area contributed by atoms with Crippen molar-refractivity contribution in [1.29, 1.82) is 0 Å². The Balaban J connectivity index is 2.25. The van der Waals surface area contributed by atoms with Crippen molar-refractivity contribution in [2.45, 2.75) is 19.9 Å². The first-order valence-electron chi connectivity index (χ1n) is 7.13. The molecule has 0 saturated carbocycles. The summed E-state index contributed by atoms with van der Waals surface area (Å²) in [5.74, 6) is -1.08. The average molecular weight is 300 g/mol. The lowest BCUT2D eigenvalue weighted by Gasteiger charge is -2.33. The van der Waals surface area contributed by atoms with E-state index in [1.54, 1.807) is 12.2 Å². The predicted molar refractivity (Wildman–Crippen MR) is 84.0 cm³/mol. The van der Waals surface area contributed by atoms with Crippen molar-refractivity contribution in [3.05, 3.63) is 59.8 Å². The molecule has 0 bridgehead atoms. The minimum absolute atomic E-state index is 0.202. The van der Waals surface area contributed by atoms with E-state index in [0.29, 0.717) is 5.70 Å². The predicted octanol–water partition coefficient (Wildman–Crippen LogP) is 2.60. The number of aryl methyl sites for hydroxylation is 1. The van der Waals surface area contributed by atoms with E-state index in [1.165, 1.54) is 0 Å². The maximum absolute atomic E-state index is 12.3. The Morgan fingerprint density at radius 3 is 2.68 bits per heavy atom. The molecule has 1 aliphatic rings. The van der Waals surface area contributed by atoms with Gasteiger partial charge in [0.2, 0.25) is 0 Å². The van der Waals surface area contributed by atoms with Gasteiger partial charge in [0.25, 0.3) is 0 Å². The Bertz CT molecular complexity index is 605. The highest BCUT2D eigenvalue weighted by atomic mass is 16.5. The molecule has 2 rings (SSSR count). The number of amides is 2. The third kappa shape index (κ3) is 3.55. The number of urea groups is 1. The van der Waals surface area contributed by atoms with Crippen LogP contribution in [0.4, 0.5) is 4.79 Å². The van der Waals surface area contributed by atoms with Crippen molar-refractivity contribution in [3.8, 4) is 0 Å². The molecule has 2 atom stereocenters. The van der Waals surface area contributed by atoms with Crippen LogP contribution in [-0.4, -0.2) is 18.6 Å². The molecule has 2 amide bonds. The Morgan fingerprint density at radius 1 is 1.36 bits per heavy atom. The number of nitrogens with one attached hydrogen (secondary N) is 2. The van der Waals surface area contributed by atoms with Gasteiger partial charge in [-0.15, -0.1) is 0 Å². The van der Waals surface area contributed by atoms with Crippen molar-refractivity contribution in [2.75, 3.05) is 6.61 Å². The second kappa shape index (κ2) is 6.93. The third-order valence-corrected chi connectivity index (χ3v) is 3.52. The minimum atomic E-state index is -0.661. The highest BCUT2D eigenvalue weighted by Crippen LogP contribution is 2.30. The Morgan fingerprint density at radius 2 is 2.05 bits per heavy atom. The first kappa shape index (κ1) is 15.8. The van der Waals surface area contributed by atoms with E-state index >= 15 is 0 Å². The van der Waals surface area contributed by atoms with E-state index in [4.69, 9.17) is 4.74 Å². The Hall–Kier alpha value is -2.56. The maximum Gasteiger partial charge on any atom is 0.319 e. The van der Waals surface area contributed by atoms with Crippen molar-refractivity contribution < 1.29 is 14.3 Å². The van der Waals surface area contributed by atoms with Crippen LogP contribution in [0.5, 0.6) is 0 Å². The molecule has 0 aromatic heterocycles. The fourth-order valence-electron chi connectivity index (χ4n) is 2.33. The van der Waals surface area contributed by atoms with E-state index in [1.807, 2.05) is 38.1 Å². The molecule has 1 fully saturated rings. The SMILES string of the molecule is C=C1NC(=O)N[C@H](c2ccc(C)cc2)[C@H]1C(=O)OC/C=C/C. The van der Waals surface area contributed by atoms with Crippen LogP contribution in [0, 0.1) is 12.8 Å². The van der Waals surface area contributed by atoms with E-state index in [0.717, 1.165) is 11.1 Å². The quantitative estimate of drug-likeness (QED) is 0.663. The molecule has 0 unspecified atom stereocenters. The monoisotopic (exact) mass is 300 g/mol. The van der Waals surface area contributed by atoms with Gasteiger partial charge < -0.3 is 15.4 Å². The summed E-state index contributed by atoms with van der Waals surface area (Å²) in [7, 11) is 0. The molecule has 5 nitrogen and oxygen atoms in total. The third-order valence-electron chi connectivity index (χ3n) is 3.52. The number of allylic oxidation sites excluding steroid dienone is 1. The second-order valence-corrected chi connectivity index (χ2v) is 5.19. The van der Waals surface area contributed by atoms with Crippen LogP contribution in [0.3, 0.4) is 0 Å². The van der Waals surface area contributed by atoms with E-state index in [-0.39, 0.29) is 12.6 Å². The molecule has 22 heavy (non-hydrogen) atoms. The zero-order valence-corrected chi connectivity index (χ0v) is 12.8. The maximum atomic E-state index is 12.3. The summed E-state index contributed by atoms with van der Waals surface area (Å²) in [6, 6.07) is 6.81. The number of carbonyl (C=O) groups excluding carboxylic acids is 2. The largest absolute Gasteiger partial charge is 0.461 e. The standard InChI is InChI=1S/C17H20N2O3/c1-4-5-10-22-16(20)14-12(3)18-17(21)19-15(14)13-8-6-11(2)7-9-13/h4-9,14-15H,3,10H2,1-2H3,(H2,18,19,21)/b5-4+/t14-,15+/m0/s1. The minimum Gasteiger partial charge on any atom is -0.461 e. The number of esters is 1. The first-order valence-corrected chi connectivity index (χ1v) is 7.13. The topological polar surface area (TPSA) is 67.4 Å². The molecule has 116 valence electrons. The number of carbonyl (C=O) groups is 2. The normalized spacial score (nSPS) is 21.4. The molecule has 1 heterocycles. The summed E-state index contributed by atoms with van der Waals surface area (Å²) in [6.07, 6.45) is 3.55. The fourth-order valence-corrected chi connectivity index (χ4v) is 2.33. The average Bonchev–Trinajstić information content (AvgIpc) is 2.47. The number of hydrogen-bond acceptors (Lipinski definition) is 3. The van der Waals surface area contributed by atoms with Gasteiger partial charge in [0.1, 0.15) is 12.5 Å². The summed E-state index contributed by atoms with van der Waals surface area (Å²) in [4.78, 5) is 24.0. The molecule has 1 saturated heterocycles. The van der Waals surface area contributed by atoms with E-state index in [2.05, 4.69) is 17.2 Å². The molecule has 1 aromatic rings. The lowest BCUT2D eigenvalue weighted by atomic mass is 9.89. The molecular weight excluding hydrogens is 280 g/mol. The lowest BCUT2D eigenvalue weighted by Crippen LogP contribution is -2.51. The van der Waals surface area contributed by atoms with Gasteiger partial charge in [0, 0.05) is 5.70 Å². The first-order chi connectivity index (χ1) is 10.5. The molecule has 0 radical (unpaired) electrons. The zero-order valence-electron chi connectivity index (χ0n) is 12.8. The Labute approximate surface area is 130 Å². The number of ether oxygens (including phenoxy) is 1. The van der Waals surface area contributed by atoms with Gasteiger partial charge in [0.05, 0.1) is 6.04 Å². The van der Waals surface area contributed by atoms with Crippen LogP contribution >= 0.6 is 0 Å². The number of benzene rings is 1. The summed E-state index contributed by atoms with van der Waals surface area (Å²) in [5.41, 5.74) is 2.30. The van der Waals surface area contributed by atoms with Crippen molar-refractivity contribution in [2.24, 2.45) is 5.92 Å². The van der Waals surface area contributed by atoms with Crippen molar-refractivity contribution in [1.82, 2.24) is 10.6 Å². The van der Waals surface area contributed by atoms with Crippen molar-refractivity contribution in [3.63, 3.8) is 0 Å². The highest BCUT2D eigenvalue weighted by Gasteiger charge is 2.38. The number of hydrogen-bond donors (Lipinski definition) is 2. The lowest BCUT2D eigenvalue weighted by molar-refractivity contribution is -0.147. The van der Waals surface area contributed by atoms with E-state index in [9.17, 15) is 9.59 Å². The van der Waals surface area contributed by atoms with Crippen LogP contribution < -0.4 is 10.6 Å². The fraction of sp³-hybridized carbons (Fsp3) is 0.294. The molecule has 5 heteroatoms. The van der Waals surface area contributed by atoms with Gasteiger partial charge in [-0.05, 0) is 19.4 Å².